The summed E-state index contributed by atoms with van der Waals surface area (Å²) in [5.74, 6) is 0. The highest BCUT2D eigenvalue weighted by molar-refractivity contribution is 7.92. The molecule has 0 fully saturated rings. The van der Waals surface area contributed by atoms with Crippen LogP contribution in [0.4, 0.5) is 5.69 Å². The Bertz CT molecular complexity index is 373. The molecule has 1 N–H and O–H groups in total. The van der Waals surface area contributed by atoms with E-state index in [9.17, 15) is 8.42 Å². The van der Waals surface area contributed by atoms with Crippen LogP contribution in [0.25, 0.3) is 0 Å². The molecule has 0 radical (unpaired) electrons. The zero-order valence-corrected chi connectivity index (χ0v) is 7.72. The molecule has 0 unspecified atom stereocenters. The minimum atomic E-state index is -3.18. The third-order valence-electron chi connectivity index (χ3n) is 1.18. The maximum Gasteiger partial charge on any atom is 0.229 e. The van der Waals surface area contributed by atoms with E-state index in [-0.39, 0.29) is 0 Å². The molecule has 5 heteroatoms. The molecule has 0 aliphatic carbocycles. The average molecular weight is 186 g/mol. The number of aryl methyl sites for hydroxylation is 1. The average Bonchev–Trinajstić information content (AvgIpc) is 1.82. The van der Waals surface area contributed by atoms with Crippen LogP contribution in [0.2, 0.25) is 0 Å². The summed E-state index contributed by atoms with van der Waals surface area (Å²) in [7, 11) is -3.18. The molecule has 1 aromatic rings. The first kappa shape index (κ1) is 8.99. The topological polar surface area (TPSA) is 59.1 Å². The number of pyridine rings is 1. The van der Waals surface area contributed by atoms with Gasteiger partial charge in [0, 0.05) is 6.20 Å². The van der Waals surface area contributed by atoms with Crippen molar-refractivity contribution in [2.75, 3.05) is 11.0 Å². The molecule has 0 aliphatic rings. The van der Waals surface area contributed by atoms with E-state index in [4.69, 9.17) is 0 Å². The summed E-state index contributed by atoms with van der Waals surface area (Å²) in [6.45, 7) is 1.85. The molecule has 1 aromatic heterocycles. The third-order valence-corrected chi connectivity index (χ3v) is 1.78. The molecular weight excluding hydrogens is 176 g/mol. The molecule has 4 nitrogen and oxygen atoms in total. The van der Waals surface area contributed by atoms with Gasteiger partial charge in [-0.25, -0.2) is 8.42 Å². The van der Waals surface area contributed by atoms with Gasteiger partial charge in [0.1, 0.15) is 0 Å². The molecule has 12 heavy (non-hydrogen) atoms. The fourth-order valence-corrected chi connectivity index (χ4v) is 1.36. The van der Waals surface area contributed by atoms with Gasteiger partial charge in [0.15, 0.2) is 0 Å². The van der Waals surface area contributed by atoms with Crippen LogP contribution in [0.3, 0.4) is 0 Å². The molecule has 0 atom stereocenters. The van der Waals surface area contributed by atoms with Gasteiger partial charge < -0.3 is 0 Å². The van der Waals surface area contributed by atoms with Gasteiger partial charge in [-0.1, -0.05) is 0 Å². The van der Waals surface area contributed by atoms with E-state index in [1.807, 2.05) is 6.92 Å². The lowest BCUT2D eigenvalue weighted by Crippen LogP contribution is -2.09. The van der Waals surface area contributed by atoms with Crippen LogP contribution in [0.5, 0.6) is 0 Å². The predicted molar refractivity (Wildman–Crippen MR) is 47.4 cm³/mol. The molecule has 66 valence electrons. The number of sulfonamides is 1. The standard InChI is InChI=1S/C7H10N2O2S/c1-6-3-7(5-8-4-6)9-12(2,10)11/h3-5,9H,1-2H3. The van der Waals surface area contributed by atoms with Crippen molar-refractivity contribution < 1.29 is 8.42 Å². The Labute approximate surface area is 71.7 Å². The lowest BCUT2D eigenvalue weighted by Gasteiger charge is -2.02. The molecular formula is C7H10N2O2S. The molecule has 0 saturated carbocycles. The van der Waals surface area contributed by atoms with Crippen LogP contribution in [-0.4, -0.2) is 19.7 Å². The van der Waals surface area contributed by atoms with E-state index in [1.54, 1.807) is 12.3 Å². The first-order valence-electron chi connectivity index (χ1n) is 3.37. The van der Waals surface area contributed by atoms with Crippen molar-refractivity contribution in [3.8, 4) is 0 Å². The number of nitrogens with zero attached hydrogens (tertiary/aromatic N) is 1. The van der Waals surface area contributed by atoms with Gasteiger partial charge in [0.05, 0.1) is 18.1 Å². The molecule has 0 saturated heterocycles. The number of hydrogen-bond donors (Lipinski definition) is 1. The zero-order chi connectivity index (χ0) is 9.19. The predicted octanol–water partition coefficient (Wildman–Crippen LogP) is 0.762. The van der Waals surface area contributed by atoms with E-state index < -0.39 is 10.0 Å². The second kappa shape index (κ2) is 3.10. The van der Waals surface area contributed by atoms with Gasteiger partial charge in [0.25, 0.3) is 0 Å². The van der Waals surface area contributed by atoms with Crippen LogP contribution < -0.4 is 4.72 Å². The zero-order valence-electron chi connectivity index (χ0n) is 6.90. The van der Waals surface area contributed by atoms with E-state index >= 15 is 0 Å². The minimum Gasteiger partial charge on any atom is -0.282 e. The summed E-state index contributed by atoms with van der Waals surface area (Å²) in [5, 5.41) is 0. The summed E-state index contributed by atoms with van der Waals surface area (Å²) in [6.07, 6.45) is 4.23. The Balaban J connectivity index is 2.91. The molecule has 0 aliphatic heterocycles. The number of anilines is 1. The monoisotopic (exact) mass is 186 g/mol. The van der Waals surface area contributed by atoms with Crippen LogP contribution >= 0.6 is 0 Å². The van der Waals surface area contributed by atoms with Gasteiger partial charge in [-0.3, -0.25) is 9.71 Å². The fourth-order valence-electron chi connectivity index (χ4n) is 0.825. The summed E-state index contributed by atoms with van der Waals surface area (Å²) in [5.41, 5.74) is 1.42. The Morgan fingerprint density at radius 3 is 2.58 bits per heavy atom. The van der Waals surface area contributed by atoms with Crippen molar-refractivity contribution in [1.82, 2.24) is 4.98 Å². The second-order valence-electron chi connectivity index (χ2n) is 2.63. The highest BCUT2D eigenvalue weighted by atomic mass is 32.2. The number of rotatable bonds is 2. The number of nitrogens with one attached hydrogen (secondary N) is 1. The van der Waals surface area contributed by atoms with Crippen molar-refractivity contribution >= 4 is 15.7 Å². The summed E-state index contributed by atoms with van der Waals surface area (Å²) in [4.78, 5) is 3.84. The van der Waals surface area contributed by atoms with Crippen molar-refractivity contribution in [1.29, 1.82) is 0 Å². The summed E-state index contributed by atoms with van der Waals surface area (Å²) < 4.78 is 23.9. The van der Waals surface area contributed by atoms with Crippen LogP contribution in [0, 0.1) is 6.92 Å². The molecule has 0 aromatic carbocycles. The van der Waals surface area contributed by atoms with Gasteiger partial charge >= 0.3 is 0 Å². The minimum absolute atomic E-state index is 0.498. The second-order valence-corrected chi connectivity index (χ2v) is 4.37. The highest BCUT2D eigenvalue weighted by Gasteiger charge is 2.00. The number of aromatic nitrogens is 1. The van der Waals surface area contributed by atoms with Crippen molar-refractivity contribution in [2.45, 2.75) is 6.92 Å². The SMILES string of the molecule is Cc1cncc(NS(C)(=O)=O)c1. The van der Waals surface area contributed by atoms with Crippen LogP contribution in [0.15, 0.2) is 18.5 Å². The molecule has 0 spiro atoms. The normalized spacial score (nSPS) is 11.2. The molecule has 0 bridgehead atoms. The highest BCUT2D eigenvalue weighted by Crippen LogP contribution is 2.07. The van der Waals surface area contributed by atoms with Crippen LogP contribution in [-0.2, 0) is 10.0 Å². The van der Waals surface area contributed by atoms with Gasteiger partial charge in [-0.2, -0.15) is 0 Å². The third kappa shape index (κ3) is 2.87. The summed E-state index contributed by atoms with van der Waals surface area (Å²) in [6, 6.07) is 1.72. The fraction of sp³-hybridized carbons (Fsp3) is 0.286. The molecule has 0 amide bonds. The Morgan fingerprint density at radius 1 is 1.42 bits per heavy atom. The smallest absolute Gasteiger partial charge is 0.229 e. The largest absolute Gasteiger partial charge is 0.282 e. The first-order chi connectivity index (χ1) is 5.47. The Hall–Kier alpha value is -1.10. The van der Waals surface area contributed by atoms with Crippen molar-refractivity contribution in [2.24, 2.45) is 0 Å². The van der Waals surface area contributed by atoms with E-state index in [2.05, 4.69) is 9.71 Å². The van der Waals surface area contributed by atoms with Gasteiger partial charge in [0.2, 0.25) is 10.0 Å². The number of hydrogen-bond acceptors (Lipinski definition) is 3. The summed E-state index contributed by atoms with van der Waals surface area (Å²) >= 11 is 0. The van der Waals surface area contributed by atoms with Gasteiger partial charge in [-0.05, 0) is 18.6 Å². The van der Waals surface area contributed by atoms with Crippen molar-refractivity contribution in [3.63, 3.8) is 0 Å². The molecule has 1 rings (SSSR count). The lowest BCUT2D eigenvalue weighted by molar-refractivity contribution is 0.607. The van der Waals surface area contributed by atoms with Gasteiger partial charge in [-0.15, -0.1) is 0 Å². The quantitative estimate of drug-likeness (QED) is 0.741. The van der Waals surface area contributed by atoms with E-state index in [0.717, 1.165) is 11.8 Å². The first-order valence-corrected chi connectivity index (χ1v) is 5.26. The Kier molecular flexibility index (Phi) is 2.32. The van der Waals surface area contributed by atoms with Crippen molar-refractivity contribution in [3.05, 3.63) is 24.0 Å². The maximum atomic E-state index is 10.8. The maximum absolute atomic E-state index is 10.8. The van der Waals surface area contributed by atoms with E-state index in [1.165, 1.54) is 6.20 Å². The lowest BCUT2D eigenvalue weighted by atomic mass is 10.3. The molecule has 1 heterocycles. The van der Waals surface area contributed by atoms with E-state index in [0.29, 0.717) is 5.69 Å². The Morgan fingerprint density at radius 2 is 2.08 bits per heavy atom. The van der Waals surface area contributed by atoms with Crippen LogP contribution in [0.1, 0.15) is 5.56 Å².